The van der Waals surface area contributed by atoms with Crippen molar-refractivity contribution in [2.45, 2.75) is 0 Å². The number of fused-ring (bicyclic) bond motifs is 8. The van der Waals surface area contributed by atoms with E-state index in [1.807, 2.05) is 0 Å². The van der Waals surface area contributed by atoms with E-state index in [-0.39, 0.29) is 0 Å². The molecule has 0 aliphatic heterocycles. The predicted molar refractivity (Wildman–Crippen MR) is 146 cm³/mol. The molecule has 158 valence electrons. The maximum Gasteiger partial charge on any atom is 0.0552 e. The number of nitrogens with one attached hydrogen (secondary N) is 2. The third-order valence-electron chi connectivity index (χ3n) is 7.30. The van der Waals surface area contributed by atoms with Crippen LogP contribution in [0.5, 0.6) is 0 Å². The van der Waals surface area contributed by atoms with Crippen molar-refractivity contribution in [2.24, 2.45) is 0 Å². The quantitative estimate of drug-likeness (QED) is 0.259. The Bertz CT molecular complexity index is 1920. The Labute approximate surface area is 195 Å². The Hall–Kier alpha value is -4.56. The normalized spacial score (nSPS) is 12.1. The summed E-state index contributed by atoms with van der Waals surface area (Å²) in [6.45, 7) is 0. The highest BCUT2D eigenvalue weighted by molar-refractivity contribution is 6.28. The first-order valence-corrected chi connectivity index (χ1v) is 11.7. The van der Waals surface area contributed by atoms with Gasteiger partial charge in [0.15, 0.2) is 0 Å². The first-order valence-electron chi connectivity index (χ1n) is 11.7. The molecular formula is C32H20N2. The van der Waals surface area contributed by atoms with Gasteiger partial charge in [0.2, 0.25) is 0 Å². The fourth-order valence-corrected chi connectivity index (χ4v) is 5.82. The molecule has 2 nitrogen and oxygen atoms in total. The zero-order valence-electron chi connectivity index (χ0n) is 18.4. The summed E-state index contributed by atoms with van der Waals surface area (Å²) in [7, 11) is 0. The maximum atomic E-state index is 3.79. The standard InChI is InChI=1S/C32H20N2/c1-3-11-21-19(9-1)17-25-23-13-5-7-15-27(23)33-31(25)29(21)30-22-12-4-2-10-20(22)18-26-24-14-6-8-16-28(24)34-32(26)30/h1-18,33-34H. The van der Waals surface area contributed by atoms with E-state index in [2.05, 4.69) is 119 Å². The zero-order chi connectivity index (χ0) is 22.2. The van der Waals surface area contributed by atoms with Gasteiger partial charge in [-0.05, 0) is 45.8 Å². The molecule has 2 heteroatoms. The molecule has 0 atom stereocenters. The van der Waals surface area contributed by atoms with Gasteiger partial charge < -0.3 is 9.97 Å². The van der Waals surface area contributed by atoms with Gasteiger partial charge in [0, 0.05) is 43.7 Å². The lowest BCUT2D eigenvalue weighted by Crippen LogP contribution is -1.89. The number of hydrogen-bond acceptors (Lipinski definition) is 0. The number of H-pyrrole nitrogens is 2. The molecule has 0 saturated heterocycles. The van der Waals surface area contributed by atoms with Crippen molar-refractivity contribution in [3.05, 3.63) is 109 Å². The smallest absolute Gasteiger partial charge is 0.0552 e. The molecular weight excluding hydrogens is 412 g/mol. The van der Waals surface area contributed by atoms with Crippen LogP contribution in [0.15, 0.2) is 109 Å². The van der Waals surface area contributed by atoms with Gasteiger partial charge in [0.05, 0.1) is 11.0 Å². The SMILES string of the molecule is c1ccc2c(-c3c4ccccc4cc4c3[nH]c3ccccc34)c3[nH]c4ccccc4c3cc2c1. The van der Waals surface area contributed by atoms with E-state index < -0.39 is 0 Å². The van der Waals surface area contributed by atoms with Crippen molar-refractivity contribution >= 4 is 65.2 Å². The summed E-state index contributed by atoms with van der Waals surface area (Å²) in [5, 5.41) is 10.1. The summed E-state index contributed by atoms with van der Waals surface area (Å²) in [5.74, 6) is 0. The lowest BCUT2D eigenvalue weighted by Gasteiger charge is -2.14. The second-order valence-electron chi connectivity index (χ2n) is 9.13. The first-order chi connectivity index (χ1) is 16.9. The van der Waals surface area contributed by atoms with Gasteiger partial charge in [-0.3, -0.25) is 0 Å². The number of hydrogen-bond donors (Lipinski definition) is 2. The molecule has 2 aromatic heterocycles. The molecule has 0 fully saturated rings. The van der Waals surface area contributed by atoms with Crippen LogP contribution in [0.4, 0.5) is 0 Å². The predicted octanol–water partition coefficient (Wildman–Crippen LogP) is 8.93. The van der Waals surface area contributed by atoms with Gasteiger partial charge in [0.25, 0.3) is 0 Å². The highest BCUT2D eigenvalue weighted by atomic mass is 14.7. The van der Waals surface area contributed by atoms with Crippen molar-refractivity contribution in [1.29, 1.82) is 0 Å². The third-order valence-corrected chi connectivity index (χ3v) is 7.30. The van der Waals surface area contributed by atoms with Crippen molar-refractivity contribution in [2.75, 3.05) is 0 Å². The van der Waals surface area contributed by atoms with Gasteiger partial charge in [-0.15, -0.1) is 0 Å². The first kappa shape index (κ1) is 17.9. The number of aromatic amines is 2. The molecule has 2 heterocycles. The monoisotopic (exact) mass is 432 g/mol. The van der Waals surface area contributed by atoms with Gasteiger partial charge >= 0.3 is 0 Å². The van der Waals surface area contributed by atoms with Crippen LogP contribution in [0.3, 0.4) is 0 Å². The highest BCUT2D eigenvalue weighted by Gasteiger charge is 2.20. The number of aromatic nitrogens is 2. The van der Waals surface area contributed by atoms with E-state index >= 15 is 0 Å². The van der Waals surface area contributed by atoms with E-state index in [0.717, 1.165) is 0 Å². The van der Waals surface area contributed by atoms with Gasteiger partial charge in [0.1, 0.15) is 0 Å². The molecule has 6 aromatic carbocycles. The minimum absolute atomic E-state index is 1.17. The Morgan fingerprint density at radius 1 is 0.353 bits per heavy atom. The lowest BCUT2D eigenvalue weighted by atomic mass is 9.90. The topological polar surface area (TPSA) is 31.6 Å². The molecule has 0 amide bonds. The number of rotatable bonds is 1. The van der Waals surface area contributed by atoms with Gasteiger partial charge in [-0.1, -0.05) is 84.9 Å². The molecule has 0 radical (unpaired) electrons. The summed E-state index contributed by atoms with van der Waals surface area (Å²) in [6.07, 6.45) is 0. The van der Waals surface area contributed by atoms with E-state index in [1.165, 1.54) is 76.3 Å². The van der Waals surface area contributed by atoms with Crippen LogP contribution in [0.2, 0.25) is 0 Å². The van der Waals surface area contributed by atoms with Crippen molar-refractivity contribution in [1.82, 2.24) is 9.97 Å². The summed E-state index contributed by atoms with van der Waals surface area (Å²) < 4.78 is 0. The third kappa shape index (κ3) is 2.29. The van der Waals surface area contributed by atoms with E-state index in [4.69, 9.17) is 0 Å². The minimum Gasteiger partial charge on any atom is -0.354 e. The Morgan fingerprint density at radius 3 is 1.21 bits per heavy atom. The van der Waals surface area contributed by atoms with Crippen LogP contribution in [-0.4, -0.2) is 9.97 Å². The lowest BCUT2D eigenvalue weighted by molar-refractivity contribution is 1.53. The fraction of sp³-hybridized carbons (Fsp3) is 0. The number of para-hydroxylation sites is 2. The molecule has 0 bridgehead atoms. The second kappa shape index (κ2) is 6.49. The largest absolute Gasteiger partial charge is 0.354 e. The maximum absolute atomic E-state index is 3.79. The molecule has 0 saturated carbocycles. The molecule has 34 heavy (non-hydrogen) atoms. The highest BCUT2D eigenvalue weighted by Crippen LogP contribution is 2.45. The molecule has 8 rings (SSSR count). The molecule has 0 unspecified atom stereocenters. The molecule has 8 aromatic rings. The average molecular weight is 433 g/mol. The van der Waals surface area contributed by atoms with Gasteiger partial charge in [-0.25, -0.2) is 0 Å². The molecule has 0 spiro atoms. The Balaban J connectivity index is 1.70. The summed E-state index contributed by atoms with van der Waals surface area (Å²) in [5.41, 5.74) is 7.24. The summed E-state index contributed by atoms with van der Waals surface area (Å²) >= 11 is 0. The van der Waals surface area contributed by atoms with Gasteiger partial charge in [-0.2, -0.15) is 0 Å². The van der Waals surface area contributed by atoms with Crippen molar-refractivity contribution in [3.8, 4) is 11.1 Å². The average Bonchev–Trinajstić information content (AvgIpc) is 3.44. The fourth-order valence-electron chi connectivity index (χ4n) is 5.82. The molecule has 2 N–H and O–H groups in total. The van der Waals surface area contributed by atoms with Crippen LogP contribution in [0.1, 0.15) is 0 Å². The van der Waals surface area contributed by atoms with Crippen LogP contribution < -0.4 is 0 Å². The Kier molecular flexibility index (Phi) is 3.42. The van der Waals surface area contributed by atoms with E-state index in [0.29, 0.717) is 0 Å². The van der Waals surface area contributed by atoms with Crippen LogP contribution in [0.25, 0.3) is 76.3 Å². The zero-order valence-corrected chi connectivity index (χ0v) is 18.4. The molecule has 0 aliphatic rings. The van der Waals surface area contributed by atoms with Crippen LogP contribution in [0, 0.1) is 0 Å². The summed E-state index contributed by atoms with van der Waals surface area (Å²) in [4.78, 5) is 7.57. The molecule has 0 aliphatic carbocycles. The van der Waals surface area contributed by atoms with Crippen molar-refractivity contribution in [3.63, 3.8) is 0 Å². The Morgan fingerprint density at radius 2 is 0.735 bits per heavy atom. The van der Waals surface area contributed by atoms with E-state index in [1.54, 1.807) is 0 Å². The van der Waals surface area contributed by atoms with Crippen LogP contribution in [-0.2, 0) is 0 Å². The van der Waals surface area contributed by atoms with E-state index in [9.17, 15) is 0 Å². The number of benzene rings is 6. The summed E-state index contributed by atoms with van der Waals surface area (Å²) in [6, 6.07) is 39.4. The van der Waals surface area contributed by atoms with Crippen LogP contribution >= 0.6 is 0 Å². The van der Waals surface area contributed by atoms with Crippen molar-refractivity contribution < 1.29 is 0 Å². The second-order valence-corrected chi connectivity index (χ2v) is 9.13. The minimum atomic E-state index is 1.17.